The molecule has 4 nitrogen and oxygen atoms in total. The van der Waals surface area contributed by atoms with Crippen LogP contribution in [0.4, 0.5) is 0 Å². The Hall–Kier alpha value is -0.840. The summed E-state index contributed by atoms with van der Waals surface area (Å²) < 4.78 is 0. The maximum atomic E-state index is 12.2. The maximum Gasteiger partial charge on any atom is 0.254 e. The molecule has 2 N–H and O–H groups in total. The van der Waals surface area contributed by atoms with Crippen LogP contribution in [-0.2, 0) is 0 Å². The van der Waals surface area contributed by atoms with E-state index in [-0.39, 0.29) is 36.8 Å². The Balaban J connectivity index is 0.00000144. The molecule has 1 aliphatic rings. The lowest BCUT2D eigenvalue weighted by Gasteiger charge is -2.35. The van der Waals surface area contributed by atoms with E-state index >= 15 is 0 Å². The number of carbonyl (C=O) groups is 1. The second-order valence-electron chi connectivity index (χ2n) is 4.12. The van der Waals surface area contributed by atoms with Gasteiger partial charge in [0.25, 0.3) is 5.91 Å². The molecule has 0 aromatic carbocycles. The highest BCUT2D eigenvalue weighted by atomic mass is 35.5. The minimum atomic E-state index is 0. The summed E-state index contributed by atoms with van der Waals surface area (Å²) in [7, 11) is 0. The van der Waals surface area contributed by atoms with Gasteiger partial charge in [-0.15, -0.1) is 24.8 Å². The number of hydrogen-bond donors (Lipinski definition) is 1. The van der Waals surface area contributed by atoms with E-state index in [9.17, 15) is 4.79 Å². The molecule has 2 heterocycles. The highest BCUT2D eigenvalue weighted by Crippen LogP contribution is 2.18. The molecule has 1 aliphatic heterocycles. The molecule has 0 aliphatic carbocycles. The zero-order chi connectivity index (χ0) is 11.4. The summed E-state index contributed by atoms with van der Waals surface area (Å²) in [5.41, 5.74) is 6.41. The molecule has 1 amide bonds. The number of piperidine rings is 1. The van der Waals surface area contributed by atoms with Gasteiger partial charge in [-0.05, 0) is 31.4 Å². The predicted octanol–water partition coefficient (Wildman–Crippen LogP) is 1.88. The maximum absolute atomic E-state index is 12.2. The molecule has 1 unspecified atom stereocenters. The molecule has 6 heteroatoms. The first-order valence-corrected chi connectivity index (χ1v) is 5.74. The van der Waals surface area contributed by atoms with Crippen LogP contribution >= 0.6 is 24.8 Å². The van der Waals surface area contributed by atoms with Crippen molar-refractivity contribution < 1.29 is 4.79 Å². The van der Waals surface area contributed by atoms with E-state index in [0.29, 0.717) is 12.1 Å². The topological polar surface area (TPSA) is 59.2 Å². The fourth-order valence-electron chi connectivity index (χ4n) is 2.17. The average molecular weight is 292 g/mol. The largest absolute Gasteiger partial charge is 0.334 e. The monoisotopic (exact) mass is 291 g/mol. The van der Waals surface area contributed by atoms with E-state index in [4.69, 9.17) is 5.73 Å². The second kappa shape index (κ2) is 8.29. The fourth-order valence-corrected chi connectivity index (χ4v) is 2.17. The summed E-state index contributed by atoms with van der Waals surface area (Å²) in [5.74, 6) is 0.0811. The van der Waals surface area contributed by atoms with Crippen LogP contribution in [0.1, 0.15) is 29.6 Å². The molecule has 2 rings (SSSR count). The first-order valence-electron chi connectivity index (χ1n) is 5.74. The highest BCUT2D eigenvalue weighted by Gasteiger charge is 2.26. The number of rotatable bonds is 2. The van der Waals surface area contributed by atoms with E-state index < -0.39 is 0 Å². The SMILES string of the molecule is Cl.Cl.NCC1CCCCN1C(=O)c1ccncc1. The summed E-state index contributed by atoms with van der Waals surface area (Å²) in [5, 5.41) is 0. The molecule has 1 aromatic rings. The second-order valence-corrected chi connectivity index (χ2v) is 4.12. The minimum absolute atomic E-state index is 0. The number of carbonyl (C=O) groups excluding carboxylic acids is 1. The number of pyridine rings is 1. The molecule has 1 saturated heterocycles. The average Bonchev–Trinajstić information content (AvgIpc) is 2.39. The van der Waals surface area contributed by atoms with Gasteiger partial charge in [-0.1, -0.05) is 0 Å². The van der Waals surface area contributed by atoms with Gasteiger partial charge in [-0.2, -0.15) is 0 Å². The molecular formula is C12H19Cl2N3O. The lowest BCUT2D eigenvalue weighted by Crippen LogP contribution is -2.47. The molecule has 102 valence electrons. The third-order valence-corrected chi connectivity index (χ3v) is 3.09. The quantitative estimate of drug-likeness (QED) is 0.905. The molecule has 0 radical (unpaired) electrons. The molecule has 0 saturated carbocycles. The number of likely N-dealkylation sites (tertiary alicyclic amines) is 1. The Bertz CT molecular complexity index is 362. The van der Waals surface area contributed by atoms with Crippen LogP contribution in [0, 0.1) is 0 Å². The zero-order valence-corrected chi connectivity index (χ0v) is 11.8. The summed E-state index contributed by atoms with van der Waals surface area (Å²) in [6.45, 7) is 1.37. The molecule has 18 heavy (non-hydrogen) atoms. The smallest absolute Gasteiger partial charge is 0.254 e. The fraction of sp³-hybridized carbons (Fsp3) is 0.500. The van der Waals surface area contributed by atoms with Crippen LogP contribution in [0.5, 0.6) is 0 Å². The Kier molecular flexibility index (Phi) is 7.91. The van der Waals surface area contributed by atoms with Crippen molar-refractivity contribution in [1.29, 1.82) is 0 Å². The number of hydrogen-bond acceptors (Lipinski definition) is 3. The van der Waals surface area contributed by atoms with Crippen molar-refractivity contribution in [2.45, 2.75) is 25.3 Å². The summed E-state index contributed by atoms with van der Waals surface area (Å²) >= 11 is 0. The first kappa shape index (κ1) is 17.2. The van der Waals surface area contributed by atoms with Gasteiger partial charge in [0.15, 0.2) is 0 Å². The van der Waals surface area contributed by atoms with Gasteiger partial charge in [-0.3, -0.25) is 9.78 Å². The van der Waals surface area contributed by atoms with Crippen molar-refractivity contribution in [2.24, 2.45) is 5.73 Å². The van der Waals surface area contributed by atoms with E-state index in [1.165, 1.54) is 6.42 Å². The minimum Gasteiger partial charge on any atom is -0.334 e. The number of halogens is 2. The van der Waals surface area contributed by atoms with E-state index in [1.54, 1.807) is 24.5 Å². The Morgan fingerprint density at radius 3 is 2.61 bits per heavy atom. The van der Waals surface area contributed by atoms with Gasteiger partial charge in [-0.25, -0.2) is 0 Å². The number of nitrogens with zero attached hydrogens (tertiary/aromatic N) is 2. The summed E-state index contributed by atoms with van der Waals surface area (Å²) in [6, 6.07) is 3.71. The number of nitrogens with two attached hydrogens (primary N) is 1. The van der Waals surface area contributed by atoms with Crippen molar-refractivity contribution in [3.05, 3.63) is 30.1 Å². The van der Waals surface area contributed by atoms with E-state index in [2.05, 4.69) is 4.98 Å². The van der Waals surface area contributed by atoms with Gasteiger partial charge in [0.1, 0.15) is 0 Å². The van der Waals surface area contributed by atoms with Gasteiger partial charge in [0.05, 0.1) is 0 Å². The summed E-state index contributed by atoms with van der Waals surface area (Å²) in [4.78, 5) is 18.0. The first-order chi connectivity index (χ1) is 7.83. The Morgan fingerprint density at radius 2 is 2.00 bits per heavy atom. The zero-order valence-electron chi connectivity index (χ0n) is 10.1. The number of amides is 1. The molecule has 0 bridgehead atoms. The van der Waals surface area contributed by atoms with Gasteiger partial charge < -0.3 is 10.6 Å². The van der Waals surface area contributed by atoms with Crippen LogP contribution < -0.4 is 5.73 Å². The molecule has 1 atom stereocenters. The molecular weight excluding hydrogens is 273 g/mol. The van der Waals surface area contributed by atoms with Gasteiger partial charge in [0, 0.05) is 37.1 Å². The lowest BCUT2D eigenvalue weighted by atomic mass is 10.0. The predicted molar refractivity (Wildman–Crippen MR) is 76.5 cm³/mol. The number of aromatic nitrogens is 1. The van der Waals surface area contributed by atoms with Crippen molar-refractivity contribution in [3.63, 3.8) is 0 Å². The molecule has 1 fully saturated rings. The Morgan fingerprint density at radius 1 is 1.33 bits per heavy atom. The van der Waals surface area contributed by atoms with E-state index in [1.807, 2.05) is 4.90 Å². The normalized spacial score (nSPS) is 18.5. The summed E-state index contributed by atoms with van der Waals surface area (Å²) in [6.07, 6.45) is 6.56. The highest BCUT2D eigenvalue weighted by molar-refractivity contribution is 5.94. The van der Waals surface area contributed by atoms with Crippen molar-refractivity contribution in [3.8, 4) is 0 Å². The third kappa shape index (κ3) is 3.83. The van der Waals surface area contributed by atoms with Crippen LogP contribution in [-0.4, -0.2) is 34.9 Å². The van der Waals surface area contributed by atoms with Crippen molar-refractivity contribution in [2.75, 3.05) is 13.1 Å². The van der Waals surface area contributed by atoms with Crippen LogP contribution in [0.2, 0.25) is 0 Å². The molecule has 0 spiro atoms. The Labute approximate surface area is 120 Å². The van der Waals surface area contributed by atoms with Crippen LogP contribution in [0.15, 0.2) is 24.5 Å². The van der Waals surface area contributed by atoms with Gasteiger partial charge in [0.2, 0.25) is 0 Å². The third-order valence-electron chi connectivity index (χ3n) is 3.09. The molecule has 1 aromatic heterocycles. The standard InChI is InChI=1S/C12H17N3O.2ClH/c13-9-11-3-1-2-8-15(11)12(16)10-4-6-14-7-5-10;;/h4-7,11H,1-3,8-9,13H2;2*1H. The lowest BCUT2D eigenvalue weighted by molar-refractivity contribution is 0.0623. The van der Waals surface area contributed by atoms with Crippen LogP contribution in [0.3, 0.4) is 0 Å². The van der Waals surface area contributed by atoms with Crippen molar-refractivity contribution in [1.82, 2.24) is 9.88 Å². The van der Waals surface area contributed by atoms with Gasteiger partial charge >= 0.3 is 0 Å². The van der Waals surface area contributed by atoms with Crippen molar-refractivity contribution >= 4 is 30.7 Å². The van der Waals surface area contributed by atoms with E-state index in [0.717, 1.165) is 19.4 Å². The van der Waals surface area contributed by atoms with Crippen LogP contribution in [0.25, 0.3) is 0 Å².